The Hall–Kier alpha value is -2.16. The van der Waals surface area contributed by atoms with Gasteiger partial charge in [0, 0.05) is 44.3 Å². The van der Waals surface area contributed by atoms with Crippen molar-refractivity contribution in [3.8, 4) is 0 Å². The zero-order valence-corrected chi connectivity index (χ0v) is 14.8. The van der Waals surface area contributed by atoms with Crippen LogP contribution in [0, 0.1) is 5.92 Å². The minimum absolute atomic E-state index is 0.206. The van der Waals surface area contributed by atoms with Crippen molar-refractivity contribution in [2.24, 2.45) is 5.92 Å². The van der Waals surface area contributed by atoms with Crippen molar-refractivity contribution in [3.63, 3.8) is 0 Å². The Bertz CT molecular complexity index is 778. The van der Waals surface area contributed by atoms with Crippen LogP contribution >= 0.6 is 0 Å². The van der Waals surface area contributed by atoms with E-state index in [1.807, 2.05) is 4.68 Å². The molecular weight excluding hydrogens is 347 g/mol. The van der Waals surface area contributed by atoms with Crippen molar-refractivity contribution < 1.29 is 18.0 Å². The molecule has 2 aromatic heterocycles. The molecule has 26 heavy (non-hydrogen) atoms. The summed E-state index contributed by atoms with van der Waals surface area (Å²) in [5.74, 6) is 0.219. The van der Waals surface area contributed by atoms with Gasteiger partial charge in [-0.3, -0.25) is 9.69 Å². The average Bonchev–Trinajstić information content (AvgIpc) is 2.95. The summed E-state index contributed by atoms with van der Waals surface area (Å²) >= 11 is 0. The van der Waals surface area contributed by atoms with Gasteiger partial charge in [-0.05, 0) is 12.0 Å². The van der Waals surface area contributed by atoms with Gasteiger partial charge in [0.25, 0.3) is 5.91 Å². The Morgan fingerprint density at radius 2 is 1.88 bits per heavy atom. The molecule has 3 rings (SSSR count). The van der Waals surface area contributed by atoms with E-state index in [2.05, 4.69) is 23.9 Å². The summed E-state index contributed by atoms with van der Waals surface area (Å²) in [5.41, 5.74) is 1.16. The molecule has 0 N–H and O–H groups in total. The number of carbonyl (C=O) groups excluding carboxylic acids is 1. The number of rotatable bonds is 4. The van der Waals surface area contributed by atoms with E-state index in [1.165, 1.54) is 11.1 Å². The molecule has 0 aromatic carbocycles. The molecule has 0 unspecified atom stereocenters. The Labute approximate surface area is 149 Å². The summed E-state index contributed by atoms with van der Waals surface area (Å²) < 4.78 is 39.2. The lowest BCUT2D eigenvalue weighted by Gasteiger charge is -2.35. The number of alkyl halides is 3. The van der Waals surface area contributed by atoms with Crippen molar-refractivity contribution in [2.45, 2.75) is 26.6 Å². The van der Waals surface area contributed by atoms with Crippen LogP contribution < -0.4 is 0 Å². The second-order valence-electron chi connectivity index (χ2n) is 7.04. The minimum Gasteiger partial charge on any atom is -0.336 e. The van der Waals surface area contributed by atoms with Crippen LogP contribution in [0.15, 0.2) is 18.5 Å². The lowest BCUT2D eigenvalue weighted by atomic mass is 10.2. The Balaban J connectivity index is 1.67. The fourth-order valence-corrected chi connectivity index (χ4v) is 3.11. The van der Waals surface area contributed by atoms with Crippen LogP contribution in [0.4, 0.5) is 13.2 Å². The van der Waals surface area contributed by atoms with Gasteiger partial charge in [-0.2, -0.15) is 18.3 Å². The Morgan fingerprint density at radius 1 is 1.19 bits per heavy atom. The summed E-state index contributed by atoms with van der Waals surface area (Å²) in [7, 11) is 0. The van der Waals surface area contributed by atoms with E-state index in [0.29, 0.717) is 11.5 Å². The number of pyridine rings is 1. The number of piperazine rings is 1. The molecule has 0 radical (unpaired) electrons. The van der Waals surface area contributed by atoms with Gasteiger partial charge in [0.05, 0.1) is 18.3 Å². The number of hydrogen-bond donors (Lipinski definition) is 0. The third kappa shape index (κ3) is 4.32. The van der Waals surface area contributed by atoms with E-state index >= 15 is 0 Å². The zero-order chi connectivity index (χ0) is 18.9. The molecule has 1 fully saturated rings. The number of halogens is 3. The molecule has 9 heteroatoms. The molecular formula is C17H22F3N5O. The molecule has 3 heterocycles. The fraction of sp³-hybridized carbons (Fsp3) is 0.588. The monoisotopic (exact) mass is 369 g/mol. The molecule has 1 amide bonds. The second kappa shape index (κ2) is 7.22. The van der Waals surface area contributed by atoms with Gasteiger partial charge in [0.15, 0.2) is 5.65 Å². The number of carbonyl (C=O) groups is 1. The van der Waals surface area contributed by atoms with Crippen molar-refractivity contribution in [1.82, 2.24) is 24.6 Å². The summed E-state index contributed by atoms with van der Waals surface area (Å²) in [6.07, 6.45) is -1.01. The molecule has 0 saturated carbocycles. The lowest BCUT2D eigenvalue weighted by molar-refractivity contribution is -0.148. The summed E-state index contributed by atoms with van der Waals surface area (Å²) in [6, 6.07) is 1.75. The van der Waals surface area contributed by atoms with Gasteiger partial charge in [0.2, 0.25) is 0 Å². The standard InChI is InChI=1S/C17H22F3N5O/c1-12(2)10-25-15-13(9-22-25)7-14(8-21-15)16(26)24-5-3-23(4-6-24)11-17(18,19)20/h7-9,12H,3-6,10-11H2,1-2H3. The minimum atomic E-state index is -4.21. The van der Waals surface area contributed by atoms with E-state index < -0.39 is 12.7 Å². The Morgan fingerprint density at radius 3 is 2.50 bits per heavy atom. The van der Waals surface area contributed by atoms with E-state index in [-0.39, 0.29) is 32.1 Å². The predicted octanol–water partition coefficient (Wildman–Crippen LogP) is 2.41. The topological polar surface area (TPSA) is 54.3 Å². The highest BCUT2D eigenvalue weighted by Crippen LogP contribution is 2.19. The maximum atomic E-state index is 12.6. The average molecular weight is 369 g/mol. The van der Waals surface area contributed by atoms with Gasteiger partial charge in [-0.15, -0.1) is 0 Å². The highest BCUT2D eigenvalue weighted by molar-refractivity contribution is 5.96. The van der Waals surface area contributed by atoms with E-state index in [9.17, 15) is 18.0 Å². The van der Waals surface area contributed by atoms with Crippen LogP contribution in [0.1, 0.15) is 24.2 Å². The van der Waals surface area contributed by atoms with Crippen LogP contribution in [-0.2, 0) is 6.54 Å². The fourth-order valence-electron chi connectivity index (χ4n) is 3.11. The zero-order valence-electron chi connectivity index (χ0n) is 14.8. The summed E-state index contributed by atoms with van der Waals surface area (Å²) in [4.78, 5) is 19.9. The molecule has 142 valence electrons. The first-order valence-corrected chi connectivity index (χ1v) is 8.63. The van der Waals surface area contributed by atoms with Crippen LogP contribution in [0.2, 0.25) is 0 Å². The van der Waals surface area contributed by atoms with Gasteiger partial charge in [-0.25, -0.2) is 9.67 Å². The first kappa shape index (κ1) is 18.6. The van der Waals surface area contributed by atoms with Crippen LogP contribution in [-0.4, -0.2) is 69.4 Å². The number of aromatic nitrogens is 3. The van der Waals surface area contributed by atoms with Crippen molar-refractivity contribution in [1.29, 1.82) is 0 Å². The maximum absolute atomic E-state index is 12.6. The molecule has 2 aromatic rings. The number of hydrogen-bond acceptors (Lipinski definition) is 4. The number of fused-ring (bicyclic) bond motifs is 1. The smallest absolute Gasteiger partial charge is 0.336 e. The first-order chi connectivity index (χ1) is 12.2. The van der Waals surface area contributed by atoms with E-state index in [0.717, 1.165) is 17.6 Å². The third-order valence-electron chi connectivity index (χ3n) is 4.32. The highest BCUT2D eigenvalue weighted by Gasteiger charge is 2.33. The normalized spacial score (nSPS) is 16.6. The van der Waals surface area contributed by atoms with Crippen LogP contribution in [0.25, 0.3) is 11.0 Å². The lowest BCUT2D eigenvalue weighted by Crippen LogP contribution is -2.50. The number of nitrogens with zero attached hydrogens (tertiary/aromatic N) is 5. The van der Waals surface area contributed by atoms with Gasteiger partial charge in [0.1, 0.15) is 0 Å². The van der Waals surface area contributed by atoms with Gasteiger partial charge < -0.3 is 4.90 Å². The third-order valence-corrected chi connectivity index (χ3v) is 4.32. The largest absolute Gasteiger partial charge is 0.401 e. The molecule has 1 saturated heterocycles. The maximum Gasteiger partial charge on any atom is 0.401 e. The van der Waals surface area contributed by atoms with Crippen molar-refractivity contribution in [3.05, 3.63) is 24.0 Å². The van der Waals surface area contributed by atoms with Crippen LogP contribution in [0.3, 0.4) is 0 Å². The van der Waals surface area contributed by atoms with Crippen molar-refractivity contribution in [2.75, 3.05) is 32.7 Å². The second-order valence-corrected chi connectivity index (χ2v) is 7.04. The molecule has 0 atom stereocenters. The molecule has 1 aliphatic rings. The Kier molecular flexibility index (Phi) is 5.17. The van der Waals surface area contributed by atoms with Crippen molar-refractivity contribution >= 4 is 16.9 Å². The summed E-state index contributed by atoms with van der Waals surface area (Å²) in [5, 5.41) is 5.09. The van der Waals surface area contributed by atoms with Gasteiger partial charge >= 0.3 is 6.18 Å². The van der Waals surface area contributed by atoms with E-state index in [1.54, 1.807) is 17.2 Å². The SMILES string of the molecule is CC(C)Cn1ncc2cc(C(=O)N3CCN(CC(F)(F)F)CC3)cnc21. The highest BCUT2D eigenvalue weighted by atomic mass is 19.4. The van der Waals surface area contributed by atoms with E-state index in [4.69, 9.17) is 0 Å². The molecule has 0 aliphatic carbocycles. The van der Waals surface area contributed by atoms with Gasteiger partial charge in [-0.1, -0.05) is 13.8 Å². The van der Waals surface area contributed by atoms with Crippen LogP contribution in [0.5, 0.6) is 0 Å². The molecule has 0 bridgehead atoms. The molecule has 1 aliphatic heterocycles. The molecule has 0 spiro atoms. The first-order valence-electron chi connectivity index (χ1n) is 8.63. The molecule has 6 nitrogen and oxygen atoms in total. The summed E-state index contributed by atoms with van der Waals surface area (Å²) in [6.45, 7) is 4.97. The predicted molar refractivity (Wildman–Crippen MR) is 90.8 cm³/mol. The quantitative estimate of drug-likeness (QED) is 0.831. The number of amides is 1.